The maximum absolute atomic E-state index is 13.7. The Morgan fingerprint density at radius 2 is 2.17 bits per heavy atom. The topological polar surface area (TPSA) is 54.3 Å². The van der Waals surface area contributed by atoms with E-state index in [9.17, 15) is 14.0 Å². The van der Waals surface area contributed by atoms with Gasteiger partial charge in [0.2, 0.25) is 5.91 Å². The second-order valence-electron chi connectivity index (χ2n) is 5.82. The Hall–Kier alpha value is -2.37. The molecule has 2 amide bonds. The van der Waals surface area contributed by atoms with Crippen LogP contribution in [0, 0.1) is 5.82 Å². The van der Waals surface area contributed by atoms with E-state index in [0.717, 1.165) is 18.4 Å². The number of amides is 2. The number of rotatable bonds is 4. The molecule has 0 unspecified atom stereocenters. The van der Waals surface area contributed by atoms with Crippen molar-refractivity contribution >= 4 is 28.4 Å². The number of carbonyl (C=O) groups is 2. The lowest BCUT2D eigenvalue weighted by Gasteiger charge is -2.17. The van der Waals surface area contributed by atoms with Crippen molar-refractivity contribution in [2.75, 3.05) is 18.0 Å². The van der Waals surface area contributed by atoms with Gasteiger partial charge in [-0.25, -0.2) is 4.39 Å². The standard InChI is InChI=1S/C17H20FN3O2/c1-3-8-19-17(23)16-15(21-9-4-5-14(21)22)12-10-11(18)6-7-13(12)20(16)2/h6-7,10H,3-5,8-9H2,1-2H3,(H,19,23). The predicted molar refractivity (Wildman–Crippen MR) is 87.1 cm³/mol. The van der Waals surface area contributed by atoms with Crippen LogP contribution < -0.4 is 10.2 Å². The van der Waals surface area contributed by atoms with Gasteiger partial charge in [-0.1, -0.05) is 6.92 Å². The summed E-state index contributed by atoms with van der Waals surface area (Å²) in [5.74, 6) is -0.636. The van der Waals surface area contributed by atoms with Crippen molar-refractivity contribution in [3.05, 3.63) is 29.7 Å². The van der Waals surface area contributed by atoms with Gasteiger partial charge in [-0.2, -0.15) is 0 Å². The molecule has 6 heteroatoms. The molecule has 1 fully saturated rings. The fourth-order valence-corrected chi connectivity index (χ4v) is 3.14. The molecule has 0 spiro atoms. The number of benzene rings is 1. The normalized spacial score (nSPS) is 14.7. The predicted octanol–water partition coefficient (Wildman–Crippen LogP) is 2.58. The lowest BCUT2D eigenvalue weighted by Crippen LogP contribution is -2.30. The van der Waals surface area contributed by atoms with Crippen LogP contribution in [0.5, 0.6) is 0 Å². The van der Waals surface area contributed by atoms with Gasteiger partial charge in [0, 0.05) is 31.9 Å². The van der Waals surface area contributed by atoms with E-state index in [4.69, 9.17) is 0 Å². The number of halogens is 1. The van der Waals surface area contributed by atoms with Crippen LogP contribution in [0.3, 0.4) is 0 Å². The molecule has 1 aromatic heterocycles. The SMILES string of the molecule is CCCNC(=O)c1c(N2CCCC2=O)c2cc(F)ccc2n1C. The van der Waals surface area contributed by atoms with Crippen LogP contribution in [0.1, 0.15) is 36.7 Å². The molecule has 0 radical (unpaired) electrons. The van der Waals surface area contributed by atoms with Crippen LogP contribution in [0.25, 0.3) is 10.9 Å². The molecule has 0 aliphatic carbocycles. The van der Waals surface area contributed by atoms with E-state index in [0.29, 0.717) is 36.3 Å². The third-order valence-electron chi connectivity index (χ3n) is 4.23. The molecule has 122 valence electrons. The Kier molecular flexibility index (Phi) is 4.07. The third kappa shape index (κ3) is 2.58. The van der Waals surface area contributed by atoms with Crippen LogP contribution in [-0.2, 0) is 11.8 Å². The van der Waals surface area contributed by atoms with Crippen LogP contribution >= 0.6 is 0 Å². The summed E-state index contributed by atoms with van der Waals surface area (Å²) < 4.78 is 15.5. The van der Waals surface area contributed by atoms with E-state index in [2.05, 4.69) is 5.32 Å². The monoisotopic (exact) mass is 317 g/mol. The number of aryl methyl sites for hydroxylation is 1. The van der Waals surface area contributed by atoms with E-state index < -0.39 is 0 Å². The van der Waals surface area contributed by atoms with Crippen molar-refractivity contribution in [1.82, 2.24) is 9.88 Å². The Labute approximate surface area is 134 Å². The lowest BCUT2D eigenvalue weighted by atomic mass is 10.2. The Bertz CT molecular complexity index is 782. The van der Waals surface area contributed by atoms with Crippen LogP contribution in [0.4, 0.5) is 10.1 Å². The molecule has 5 nitrogen and oxygen atoms in total. The summed E-state index contributed by atoms with van der Waals surface area (Å²) in [7, 11) is 1.77. The van der Waals surface area contributed by atoms with E-state index >= 15 is 0 Å². The summed E-state index contributed by atoms with van der Waals surface area (Å²) in [6, 6.07) is 4.41. The van der Waals surface area contributed by atoms with Crippen LogP contribution in [-0.4, -0.2) is 29.5 Å². The summed E-state index contributed by atoms with van der Waals surface area (Å²) in [5, 5.41) is 3.45. The highest BCUT2D eigenvalue weighted by atomic mass is 19.1. The second kappa shape index (κ2) is 6.02. The van der Waals surface area contributed by atoms with Crippen molar-refractivity contribution < 1.29 is 14.0 Å². The first-order chi connectivity index (χ1) is 11.0. The van der Waals surface area contributed by atoms with Gasteiger partial charge in [0.25, 0.3) is 5.91 Å². The first kappa shape index (κ1) is 15.5. The Balaban J connectivity index is 2.22. The average Bonchev–Trinajstić information content (AvgIpc) is 3.06. The smallest absolute Gasteiger partial charge is 0.270 e. The number of hydrogen-bond acceptors (Lipinski definition) is 2. The maximum atomic E-state index is 13.7. The summed E-state index contributed by atoms with van der Waals surface area (Å²) in [6.45, 7) is 3.09. The number of aromatic nitrogens is 1. The minimum Gasteiger partial charge on any atom is -0.351 e. The zero-order valence-corrected chi connectivity index (χ0v) is 13.4. The van der Waals surface area contributed by atoms with Gasteiger partial charge >= 0.3 is 0 Å². The zero-order chi connectivity index (χ0) is 16.6. The van der Waals surface area contributed by atoms with Crippen LogP contribution in [0.15, 0.2) is 18.2 Å². The largest absolute Gasteiger partial charge is 0.351 e. The average molecular weight is 317 g/mol. The molecule has 2 aromatic rings. The second-order valence-corrected chi connectivity index (χ2v) is 5.82. The highest BCUT2D eigenvalue weighted by Crippen LogP contribution is 2.36. The maximum Gasteiger partial charge on any atom is 0.270 e. The van der Waals surface area contributed by atoms with Gasteiger partial charge in [0.1, 0.15) is 11.5 Å². The van der Waals surface area contributed by atoms with Gasteiger partial charge in [-0.3, -0.25) is 9.59 Å². The number of carbonyl (C=O) groups excluding carboxylic acids is 2. The molecule has 0 atom stereocenters. The van der Waals surface area contributed by atoms with Gasteiger partial charge < -0.3 is 14.8 Å². The summed E-state index contributed by atoms with van der Waals surface area (Å²) in [6.07, 6.45) is 2.03. The molecule has 1 N–H and O–H groups in total. The van der Waals surface area contributed by atoms with Crippen molar-refractivity contribution in [3.63, 3.8) is 0 Å². The number of nitrogens with one attached hydrogen (secondary N) is 1. The molecule has 0 bridgehead atoms. The van der Waals surface area contributed by atoms with Gasteiger partial charge in [-0.15, -0.1) is 0 Å². The van der Waals surface area contributed by atoms with E-state index in [1.165, 1.54) is 12.1 Å². The molecule has 2 heterocycles. The summed E-state index contributed by atoms with van der Waals surface area (Å²) in [5.41, 5.74) is 1.68. The Morgan fingerprint density at radius 3 is 2.83 bits per heavy atom. The quantitative estimate of drug-likeness (QED) is 0.942. The van der Waals surface area contributed by atoms with Crippen molar-refractivity contribution in [2.45, 2.75) is 26.2 Å². The molecule has 1 saturated heterocycles. The lowest BCUT2D eigenvalue weighted by molar-refractivity contribution is -0.117. The fraction of sp³-hybridized carbons (Fsp3) is 0.412. The Morgan fingerprint density at radius 1 is 1.39 bits per heavy atom. The number of nitrogens with zero attached hydrogens (tertiary/aromatic N) is 2. The highest BCUT2D eigenvalue weighted by molar-refractivity contribution is 6.14. The van der Waals surface area contributed by atoms with Crippen molar-refractivity contribution in [1.29, 1.82) is 0 Å². The third-order valence-corrected chi connectivity index (χ3v) is 4.23. The van der Waals surface area contributed by atoms with Crippen LogP contribution in [0.2, 0.25) is 0 Å². The molecular weight excluding hydrogens is 297 g/mol. The van der Waals surface area contributed by atoms with E-state index in [1.807, 2.05) is 6.92 Å². The minimum atomic E-state index is -0.378. The van der Waals surface area contributed by atoms with Gasteiger partial charge in [0.05, 0.1) is 11.2 Å². The van der Waals surface area contributed by atoms with E-state index in [1.54, 1.807) is 22.6 Å². The van der Waals surface area contributed by atoms with Gasteiger partial charge in [0.15, 0.2) is 0 Å². The molecule has 1 aromatic carbocycles. The molecule has 23 heavy (non-hydrogen) atoms. The summed E-state index contributed by atoms with van der Waals surface area (Å²) in [4.78, 5) is 26.4. The van der Waals surface area contributed by atoms with Crippen molar-refractivity contribution in [3.8, 4) is 0 Å². The first-order valence-corrected chi connectivity index (χ1v) is 7.91. The number of hydrogen-bond donors (Lipinski definition) is 1. The van der Waals surface area contributed by atoms with Crippen molar-refractivity contribution in [2.24, 2.45) is 7.05 Å². The number of anilines is 1. The highest BCUT2D eigenvalue weighted by Gasteiger charge is 2.31. The van der Waals surface area contributed by atoms with E-state index in [-0.39, 0.29) is 17.6 Å². The first-order valence-electron chi connectivity index (χ1n) is 7.91. The number of fused-ring (bicyclic) bond motifs is 1. The molecule has 1 aliphatic heterocycles. The molecule has 1 aliphatic rings. The molecule has 0 saturated carbocycles. The summed E-state index contributed by atoms with van der Waals surface area (Å²) >= 11 is 0. The molecular formula is C17H20FN3O2. The molecule has 3 rings (SSSR count). The minimum absolute atomic E-state index is 0.0219. The van der Waals surface area contributed by atoms with Gasteiger partial charge in [-0.05, 0) is 31.0 Å². The zero-order valence-electron chi connectivity index (χ0n) is 13.4. The fourth-order valence-electron chi connectivity index (χ4n) is 3.14.